The van der Waals surface area contributed by atoms with Crippen molar-refractivity contribution in [3.05, 3.63) is 70.3 Å². The van der Waals surface area contributed by atoms with Gasteiger partial charge in [-0.05, 0) is 29.3 Å². The Hall–Kier alpha value is -3.24. The van der Waals surface area contributed by atoms with E-state index in [1.54, 1.807) is 6.26 Å². The number of para-hydroxylation sites is 1. The first-order valence-corrected chi connectivity index (χ1v) is 7.18. The van der Waals surface area contributed by atoms with Crippen LogP contribution in [0.3, 0.4) is 0 Å². The lowest BCUT2D eigenvalue weighted by atomic mass is 10.1. The summed E-state index contributed by atoms with van der Waals surface area (Å²) in [6, 6.07) is 13.6. The Kier molecular flexibility index (Phi) is 3.22. The molecule has 6 nitrogen and oxygen atoms in total. The van der Waals surface area contributed by atoms with Gasteiger partial charge in [-0.25, -0.2) is 4.99 Å². The highest BCUT2D eigenvalue weighted by atomic mass is 16.5. The minimum Gasteiger partial charge on any atom is -0.464 e. The zero-order chi connectivity index (χ0) is 15.6. The summed E-state index contributed by atoms with van der Waals surface area (Å²) in [4.78, 5) is 7.25. The van der Waals surface area contributed by atoms with Gasteiger partial charge in [0.1, 0.15) is 11.3 Å². The lowest BCUT2D eigenvalue weighted by Crippen LogP contribution is -2.07. The summed E-state index contributed by atoms with van der Waals surface area (Å²) in [7, 11) is 0. The van der Waals surface area contributed by atoms with Crippen LogP contribution >= 0.6 is 0 Å². The summed E-state index contributed by atoms with van der Waals surface area (Å²) >= 11 is 0. The molecule has 0 atom stereocenters. The number of benzene rings is 2. The van der Waals surface area contributed by atoms with E-state index in [1.807, 2.05) is 42.5 Å². The molecule has 0 fully saturated rings. The zero-order valence-electron chi connectivity index (χ0n) is 12.1. The van der Waals surface area contributed by atoms with Gasteiger partial charge < -0.3 is 9.15 Å². The van der Waals surface area contributed by atoms with Crippen molar-refractivity contribution in [1.29, 1.82) is 0 Å². The summed E-state index contributed by atoms with van der Waals surface area (Å²) in [5.74, 6) is 1.35. The first-order valence-electron chi connectivity index (χ1n) is 7.18. The van der Waals surface area contributed by atoms with Crippen molar-refractivity contribution in [2.24, 2.45) is 10.1 Å². The Morgan fingerprint density at radius 3 is 3.04 bits per heavy atom. The molecule has 1 aliphatic rings. The first-order chi connectivity index (χ1) is 11.3. The second-order valence-corrected chi connectivity index (χ2v) is 5.22. The van der Waals surface area contributed by atoms with E-state index in [0.29, 0.717) is 23.7 Å². The van der Waals surface area contributed by atoms with E-state index < -0.39 is 0 Å². The van der Waals surface area contributed by atoms with Crippen LogP contribution < -0.4 is 4.74 Å². The van der Waals surface area contributed by atoms with Gasteiger partial charge in [-0.3, -0.25) is 0 Å². The Morgan fingerprint density at radius 1 is 1.26 bits per heavy atom. The van der Waals surface area contributed by atoms with Crippen molar-refractivity contribution in [1.82, 2.24) is 0 Å². The van der Waals surface area contributed by atoms with Crippen LogP contribution in [0.15, 0.2) is 63.3 Å². The smallest absolute Gasteiger partial charge is 0.199 e. The number of azide groups is 1. The molecule has 3 aromatic rings. The number of nitrogens with zero attached hydrogens (tertiary/aromatic N) is 4. The number of ether oxygens (including phenoxy) is 1. The number of fused-ring (bicyclic) bond motifs is 2. The second kappa shape index (κ2) is 5.51. The Labute approximate surface area is 131 Å². The summed E-state index contributed by atoms with van der Waals surface area (Å²) in [5.41, 5.74) is 12.1. The van der Waals surface area contributed by atoms with Gasteiger partial charge in [0.2, 0.25) is 0 Å². The molecule has 112 valence electrons. The van der Waals surface area contributed by atoms with Crippen molar-refractivity contribution in [2.45, 2.75) is 13.0 Å². The Balaban J connectivity index is 1.58. The molecule has 6 heteroatoms. The van der Waals surface area contributed by atoms with Gasteiger partial charge in [0.25, 0.3) is 0 Å². The van der Waals surface area contributed by atoms with Gasteiger partial charge >= 0.3 is 0 Å². The average molecular weight is 304 g/mol. The van der Waals surface area contributed by atoms with Gasteiger partial charge in [-0.15, -0.1) is 0 Å². The second-order valence-electron chi connectivity index (χ2n) is 5.22. The maximum atomic E-state index is 8.41. The normalized spacial score (nSPS) is 12.6. The van der Waals surface area contributed by atoms with Crippen LogP contribution in [0, 0.1) is 0 Å². The molecule has 0 saturated heterocycles. The van der Waals surface area contributed by atoms with E-state index >= 15 is 0 Å². The molecule has 0 N–H and O–H groups in total. The molecule has 2 aromatic carbocycles. The molecule has 0 amide bonds. The quantitative estimate of drug-likeness (QED) is 0.391. The molecule has 2 heterocycles. The van der Waals surface area contributed by atoms with Gasteiger partial charge in [0, 0.05) is 21.9 Å². The van der Waals surface area contributed by atoms with Crippen LogP contribution in [0.25, 0.3) is 21.4 Å². The highest BCUT2D eigenvalue weighted by Gasteiger charge is 2.16. The summed E-state index contributed by atoms with van der Waals surface area (Å²) in [6.45, 7) is 0.270. The molecule has 1 aromatic heterocycles. The van der Waals surface area contributed by atoms with E-state index in [2.05, 4.69) is 15.0 Å². The molecular weight excluding hydrogens is 292 g/mol. The van der Waals surface area contributed by atoms with Crippen molar-refractivity contribution in [3.8, 4) is 5.75 Å². The lowest BCUT2D eigenvalue weighted by molar-refractivity contribution is 0.539. The lowest BCUT2D eigenvalue weighted by Gasteiger charge is -2.04. The number of hydrogen-bond donors (Lipinski definition) is 0. The van der Waals surface area contributed by atoms with Gasteiger partial charge in [-0.2, -0.15) is 0 Å². The third-order valence-corrected chi connectivity index (χ3v) is 3.75. The molecule has 0 bridgehead atoms. The number of rotatable bonds is 3. The maximum Gasteiger partial charge on any atom is 0.199 e. The largest absolute Gasteiger partial charge is 0.464 e. The Morgan fingerprint density at radius 2 is 2.17 bits per heavy atom. The summed E-state index contributed by atoms with van der Waals surface area (Å²) in [5, 5.41) is 4.48. The van der Waals surface area contributed by atoms with Crippen LogP contribution in [0.5, 0.6) is 5.75 Å². The molecule has 0 saturated carbocycles. The predicted octanol–water partition coefficient (Wildman–Crippen LogP) is 4.91. The van der Waals surface area contributed by atoms with Gasteiger partial charge in [0.05, 0.1) is 24.9 Å². The third kappa shape index (κ3) is 2.52. The highest BCUT2D eigenvalue weighted by molar-refractivity contribution is 5.90. The van der Waals surface area contributed by atoms with Gasteiger partial charge in [0.15, 0.2) is 5.90 Å². The maximum absolute atomic E-state index is 8.41. The SMILES string of the molecule is [N-]=[N+]=NCc1coc2cc(OC3=Nc4ccccc4C3)ccc12. The number of hydrogen-bond acceptors (Lipinski definition) is 4. The fourth-order valence-corrected chi connectivity index (χ4v) is 2.66. The fraction of sp³-hybridized carbons (Fsp3) is 0.118. The molecule has 1 aliphatic heterocycles. The molecular formula is C17H12N4O2. The van der Waals surface area contributed by atoms with Crippen molar-refractivity contribution in [3.63, 3.8) is 0 Å². The zero-order valence-corrected chi connectivity index (χ0v) is 12.1. The van der Waals surface area contributed by atoms with E-state index in [4.69, 9.17) is 14.7 Å². The highest BCUT2D eigenvalue weighted by Crippen LogP contribution is 2.29. The summed E-state index contributed by atoms with van der Waals surface area (Å²) in [6.07, 6.45) is 2.29. The minimum absolute atomic E-state index is 0.270. The van der Waals surface area contributed by atoms with Crippen molar-refractivity contribution < 1.29 is 9.15 Å². The average Bonchev–Trinajstić information content (AvgIpc) is 3.15. The molecule has 4 rings (SSSR count). The molecule has 0 aliphatic carbocycles. The van der Waals surface area contributed by atoms with E-state index in [0.717, 1.165) is 16.6 Å². The standard InChI is InChI=1S/C17H12N4O2/c18-21-19-9-12-10-22-16-8-13(5-6-14(12)16)23-17-7-11-3-1-2-4-15(11)20-17/h1-6,8,10H,7,9H2. The predicted molar refractivity (Wildman–Crippen MR) is 86.9 cm³/mol. The molecule has 0 unspecified atom stereocenters. The van der Waals surface area contributed by atoms with Crippen LogP contribution in [0.1, 0.15) is 11.1 Å². The molecule has 0 spiro atoms. The van der Waals surface area contributed by atoms with Crippen molar-refractivity contribution in [2.75, 3.05) is 0 Å². The topological polar surface area (TPSA) is 83.5 Å². The van der Waals surface area contributed by atoms with E-state index in [-0.39, 0.29) is 6.54 Å². The van der Waals surface area contributed by atoms with Gasteiger partial charge in [-0.1, -0.05) is 23.3 Å². The third-order valence-electron chi connectivity index (χ3n) is 3.75. The van der Waals surface area contributed by atoms with E-state index in [1.165, 1.54) is 5.56 Å². The minimum atomic E-state index is 0.270. The van der Waals surface area contributed by atoms with Crippen LogP contribution in [-0.4, -0.2) is 5.90 Å². The van der Waals surface area contributed by atoms with Crippen LogP contribution in [0.2, 0.25) is 0 Å². The van der Waals surface area contributed by atoms with Crippen LogP contribution in [-0.2, 0) is 13.0 Å². The fourth-order valence-electron chi connectivity index (χ4n) is 2.66. The van der Waals surface area contributed by atoms with Crippen molar-refractivity contribution >= 4 is 22.6 Å². The van der Waals surface area contributed by atoms with Crippen LogP contribution in [0.4, 0.5) is 5.69 Å². The number of aliphatic imine (C=N–C) groups is 1. The summed E-state index contributed by atoms with van der Waals surface area (Å²) < 4.78 is 11.4. The number of furan rings is 1. The monoisotopic (exact) mass is 304 g/mol. The first kappa shape index (κ1) is 13.4. The Bertz CT molecular complexity index is 968. The molecule has 0 radical (unpaired) electrons. The van der Waals surface area contributed by atoms with E-state index in [9.17, 15) is 0 Å². The molecule has 23 heavy (non-hydrogen) atoms.